The average Bonchev–Trinajstić information content (AvgIpc) is 2.30. The maximum atomic E-state index is 5.59. The monoisotopic (exact) mass is 204 g/mol. The number of aromatic nitrogens is 3. The van der Waals surface area contributed by atoms with Crippen LogP contribution in [0.25, 0.3) is 0 Å². The molecule has 0 saturated heterocycles. The quantitative estimate of drug-likeness (QED) is 0.593. The first-order valence-corrected chi connectivity index (χ1v) is 4.61. The van der Waals surface area contributed by atoms with Crippen molar-refractivity contribution < 1.29 is 0 Å². The van der Waals surface area contributed by atoms with Crippen molar-refractivity contribution >= 4 is 23.4 Å². The summed E-state index contributed by atoms with van der Waals surface area (Å²) >= 11 is 6.98. The highest BCUT2D eigenvalue weighted by Gasteiger charge is 2.05. The lowest BCUT2D eigenvalue weighted by Gasteiger charge is -1.98. The van der Waals surface area contributed by atoms with E-state index < -0.39 is 0 Å². The van der Waals surface area contributed by atoms with Gasteiger partial charge in [-0.25, -0.2) is 4.68 Å². The van der Waals surface area contributed by atoms with Crippen molar-refractivity contribution in [2.24, 2.45) is 0 Å². The van der Waals surface area contributed by atoms with E-state index in [1.165, 1.54) is 16.4 Å². The van der Waals surface area contributed by atoms with Crippen LogP contribution in [-0.2, 0) is 0 Å². The van der Waals surface area contributed by atoms with Gasteiger partial charge in [-0.1, -0.05) is 29.9 Å². The zero-order chi connectivity index (χ0) is 9.14. The summed E-state index contributed by atoms with van der Waals surface area (Å²) in [6.45, 7) is 5.34. The fourth-order valence-electron chi connectivity index (χ4n) is 0.591. The molecule has 0 bridgehead atoms. The van der Waals surface area contributed by atoms with E-state index in [0.717, 1.165) is 0 Å². The molecule has 6 heteroatoms. The van der Waals surface area contributed by atoms with Gasteiger partial charge in [-0.05, 0) is 6.92 Å². The minimum Gasteiger partial charge on any atom is -0.336 e. The number of nitrogens with zero attached hydrogens (tertiary/aromatic N) is 3. The highest BCUT2D eigenvalue weighted by molar-refractivity contribution is 7.99. The molecule has 66 valence electrons. The summed E-state index contributed by atoms with van der Waals surface area (Å²) in [6, 6.07) is 0. The lowest BCUT2D eigenvalue weighted by atomic mass is 10.7. The van der Waals surface area contributed by atoms with Crippen molar-refractivity contribution in [3.8, 4) is 0 Å². The average molecular weight is 205 g/mol. The normalized spacial score (nSPS) is 10.2. The molecule has 1 aromatic rings. The molecule has 12 heavy (non-hydrogen) atoms. The second-order valence-corrected chi connectivity index (χ2v) is 3.68. The van der Waals surface area contributed by atoms with Crippen LogP contribution in [0.4, 0.5) is 0 Å². The molecule has 0 atom stereocenters. The minimum atomic E-state index is 0.570. The molecule has 0 aliphatic heterocycles. The van der Waals surface area contributed by atoms with Gasteiger partial charge in [0.05, 0.1) is 0 Å². The molecular weight excluding hydrogens is 196 g/mol. The first-order valence-electron chi connectivity index (χ1n) is 3.24. The Morgan fingerprint density at radius 1 is 1.75 bits per heavy atom. The van der Waals surface area contributed by atoms with E-state index in [1.54, 1.807) is 6.92 Å². The van der Waals surface area contributed by atoms with Gasteiger partial charge in [-0.3, -0.25) is 0 Å². The van der Waals surface area contributed by atoms with Gasteiger partial charge in [0, 0.05) is 10.8 Å². The Labute approximate surface area is 79.8 Å². The van der Waals surface area contributed by atoms with Gasteiger partial charge in [-0.15, -0.1) is 10.2 Å². The van der Waals surface area contributed by atoms with Gasteiger partial charge in [0.2, 0.25) is 5.16 Å². The molecule has 0 unspecified atom stereocenters. The Bertz CT molecular complexity index is 296. The van der Waals surface area contributed by atoms with Crippen LogP contribution >= 0.6 is 23.4 Å². The van der Waals surface area contributed by atoms with Gasteiger partial charge in [0.1, 0.15) is 5.82 Å². The third-order valence-electron chi connectivity index (χ3n) is 1.19. The van der Waals surface area contributed by atoms with E-state index in [4.69, 9.17) is 17.4 Å². The molecule has 0 aliphatic rings. The van der Waals surface area contributed by atoms with E-state index >= 15 is 0 Å². The van der Waals surface area contributed by atoms with Crippen molar-refractivity contribution in [1.29, 1.82) is 0 Å². The third kappa shape index (κ3) is 2.15. The molecular formula is C6H9ClN4S. The standard InChI is InChI=1S/C6H9ClN4S/c1-4(7)3-12-6-10-9-5(2)11(6)8/h1,3,8H2,2H3. The number of hydrogen-bond donors (Lipinski definition) is 1. The SMILES string of the molecule is C=C(Cl)CSc1nnc(C)n1N. The molecule has 0 aliphatic carbocycles. The number of rotatable bonds is 3. The Balaban J connectivity index is 2.63. The lowest BCUT2D eigenvalue weighted by molar-refractivity contribution is 0.826. The molecule has 0 amide bonds. The molecule has 0 fully saturated rings. The van der Waals surface area contributed by atoms with Gasteiger partial charge in [-0.2, -0.15) is 0 Å². The summed E-state index contributed by atoms with van der Waals surface area (Å²) in [5.41, 5.74) is 0. The van der Waals surface area contributed by atoms with Crippen LogP contribution in [-0.4, -0.2) is 20.6 Å². The highest BCUT2D eigenvalue weighted by Crippen LogP contribution is 2.17. The minimum absolute atomic E-state index is 0.570. The molecule has 0 radical (unpaired) electrons. The first-order chi connectivity index (χ1) is 5.61. The lowest BCUT2D eigenvalue weighted by Crippen LogP contribution is -2.11. The summed E-state index contributed by atoms with van der Waals surface area (Å²) in [4.78, 5) is 0. The number of nitrogen functional groups attached to an aromatic ring is 1. The molecule has 0 aromatic carbocycles. The van der Waals surface area contributed by atoms with Crippen LogP contribution in [0, 0.1) is 6.92 Å². The number of aryl methyl sites for hydroxylation is 1. The largest absolute Gasteiger partial charge is 0.336 e. The van der Waals surface area contributed by atoms with Crippen molar-refractivity contribution in [3.63, 3.8) is 0 Å². The molecule has 1 heterocycles. The number of thioether (sulfide) groups is 1. The fourth-order valence-corrected chi connectivity index (χ4v) is 1.41. The Morgan fingerprint density at radius 3 is 2.83 bits per heavy atom. The number of hydrogen-bond acceptors (Lipinski definition) is 4. The molecule has 0 spiro atoms. The van der Waals surface area contributed by atoms with Crippen LogP contribution in [0.5, 0.6) is 0 Å². The van der Waals surface area contributed by atoms with Crippen molar-refractivity contribution in [1.82, 2.24) is 14.9 Å². The molecule has 0 saturated carbocycles. The Kier molecular flexibility index (Phi) is 2.99. The van der Waals surface area contributed by atoms with E-state index in [2.05, 4.69) is 16.8 Å². The molecule has 1 aromatic heterocycles. The van der Waals surface area contributed by atoms with Crippen LogP contribution in [0.2, 0.25) is 0 Å². The van der Waals surface area contributed by atoms with Gasteiger partial charge < -0.3 is 5.84 Å². The third-order valence-corrected chi connectivity index (χ3v) is 2.51. The zero-order valence-corrected chi connectivity index (χ0v) is 8.19. The summed E-state index contributed by atoms with van der Waals surface area (Å²) < 4.78 is 1.42. The van der Waals surface area contributed by atoms with Gasteiger partial charge in [0.25, 0.3) is 0 Å². The van der Waals surface area contributed by atoms with E-state index in [9.17, 15) is 0 Å². The van der Waals surface area contributed by atoms with Gasteiger partial charge in [0.15, 0.2) is 0 Å². The zero-order valence-electron chi connectivity index (χ0n) is 6.62. The summed E-state index contributed by atoms with van der Waals surface area (Å²) in [6.07, 6.45) is 0. The maximum Gasteiger partial charge on any atom is 0.210 e. The van der Waals surface area contributed by atoms with Crippen LogP contribution in [0.3, 0.4) is 0 Å². The second-order valence-electron chi connectivity index (χ2n) is 2.21. The van der Waals surface area contributed by atoms with Crippen molar-refractivity contribution in [2.45, 2.75) is 12.1 Å². The van der Waals surface area contributed by atoms with E-state index in [1.807, 2.05) is 0 Å². The van der Waals surface area contributed by atoms with Crippen LogP contribution < -0.4 is 5.84 Å². The summed E-state index contributed by atoms with van der Waals surface area (Å²) in [5.74, 6) is 6.86. The maximum absolute atomic E-state index is 5.59. The number of nitrogens with two attached hydrogens (primary N) is 1. The molecule has 4 nitrogen and oxygen atoms in total. The smallest absolute Gasteiger partial charge is 0.210 e. The first kappa shape index (κ1) is 9.41. The summed E-state index contributed by atoms with van der Waals surface area (Å²) in [5, 5.41) is 8.84. The van der Waals surface area contributed by atoms with E-state index in [-0.39, 0.29) is 0 Å². The second kappa shape index (κ2) is 3.82. The van der Waals surface area contributed by atoms with Crippen LogP contribution in [0.1, 0.15) is 5.82 Å². The molecule has 2 N–H and O–H groups in total. The van der Waals surface area contributed by atoms with Crippen molar-refractivity contribution in [2.75, 3.05) is 11.6 Å². The summed E-state index contributed by atoms with van der Waals surface area (Å²) in [7, 11) is 0. The fraction of sp³-hybridized carbons (Fsp3) is 0.333. The van der Waals surface area contributed by atoms with Crippen molar-refractivity contribution in [3.05, 3.63) is 17.4 Å². The highest BCUT2D eigenvalue weighted by atomic mass is 35.5. The van der Waals surface area contributed by atoms with E-state index in [0.29, 0.717) is 21.8 Å². The molecule has 1 rings (SSSR count). The topological polar surface area (TPSA) is 56.7 Å². The number of halogens is 1. The predicted molar refractivity (Wildman–Crippen MR) is 50.6 cm³/mol. The van der Waals surface area contributed by atoms with Gasteiger partial charge >= 0.3 is 0 Å². The predicted octanol–water partition coefficient (Wildman–Crippen LogP) is 1.14. The Hall–Kier alpha value is -0.680. The Morgan fingerprint density at radius 2 is 2.42 bits per heavy atom. The van der Waals surface area contributed by atoms with Crippen LogP contribution in [0.15, 0.2) is 16.8 Å².